The molecule has 0 aliphatic carbocycles. The highest BCUT2D eigenvalue weighted by Gasteiger charge is 2.19. The fourth-order valence-corrected chi connectivity index (χ4v) is 3.05. The lowest BCUT2D eigenvalue weighted by molar-refractivity contribution is 0.230. The molecule has 0 atom stereocenters. The predicted octanol–water partition coefficient (Wildman–Crippen LogP) is 2.08. The van der Waals surface area contributed by atoms with E-state index in [0.717, 1.165) is 38.5 Å². The number of hydrogen-bond acceptors (Lipinski definition) is 5. The topological polar surface area (TPSA) is 70.0 Å². The monoisotopic (exact) mass is 357 g/mol. The zero-order chi connectivity index (χ0) is 17.6. The molecule has 2 aromatic rings. The number of rotatable bonds is 5. The molecule has 0 bridgehead atoms. The van der Waals surface area contributed by atoms with E-state index in [1.165, 1.54) is 11.3 Å². The average molecular weight is 357 g/mol. The van der Waals surface area contributed by atoms with E-state index in [9.17, 15) is 0 Å². The quantitative estimate of drug-likeness (QED) is 0.485. The fourth-order valence-electron chi connectivity index (χ4n) is 2.99. The lowest BCUT2D eigenvalue weighted by atomic mass is 10.1. The Labute approximate surface area is 153 Å². The van der Waals surface area contributed by atoms with Crippen LogP contribution in [0.1, 0.15) is 17.1 Å². The number of piperazine rings is 1. The summed E-state index contributed by atoms with van der Waals surface area (Å²) in [6, 6.07) is 12.4. The molecule has 1 fully saturated rings. The van der Waals surface area contributed by atoms with E-state index in [4.69, 9.17) is 10.2 Å². The molecule has 0 spiro atoms. The van der Waals surface area contributed by atoms with Crippen molar-refractivity contribution in [3.05, 3.63) is 53.5 Å². The Balaban J connectivity index is 1.51. The van der Waals surface area contributed by atoms with Crippen molar-refractivity contribution < 1.29 is 4.42 Å². The molecule has 7 heteroatoms. The van der Waals surface area contributed by atoms with Crippen LogP contribution in [0.15, 0.2) is 45.9 Å². The van der Waals surface area contributed by atoms with Gasteiger partial charge in [0.25, 0.3) is 0 Å². The minimum atomic E-state index is 0.134. The molecule has 1 aliphatic heterocycles. The summed E-state index contributed by atoms with van der Waals surface area (Å²) in [6.45, 7) is 7.05. The van der Waals surface area contributed by atoms with Gasteiger partial charge in [0, 0.05) is 31.9 Å². The van der Waals surface area contributed by atoms with Gasteiger partial charge in [-0.25, -0.2) is 0 Å². The Bertz CT molecular complexity index is 749. The van der Waals surface area contributed by atoms with E-state index in [1.54, 1.807) is 6.21 Å². The summed E-state index contributed by atoms with van der Waals surface area (Å²) in [5, 5.41) is 4.03. The number of nitrogens with one attached hydrogen (secondary N) is 1. The number of nitrogens with two attached hydrogens (primary N) is 1. The number of anilines is 1. The summed E-state index contributed by atoms with van der Waals surface area (Å²) in [6.07, 6.45) is 1.57. The molecule has 2 heterocycles. The van der Waals surface area contributed by atoms with Gasteiger partial charge in [-0.05, 0) is 42.9 Å². The van der Waals surface area contributed by atoms with E-state index < -0.39 is 0 Å². The van der Waals surface area contributed by atoms with Gasteiger partial charge < -0.3 is 15.1 Å². The van der Waals surface area contributed by atoms with Crippen LogP contribution in [0.25, 0.3) is 0 Å². The first kappa shape index (κ1) is 17.4. The molecule has 0 saturated carbocycles. The number of hydrazone groups is 1. The van der Waals surface area contributed by atoms with Crippen molar-refractivity contribution in [1.29, 1.82) is 0 Å². The van der Waals surface area contributed by atoms with E-state index in [-0.39, 0.29) is 5.11 Å². The maximum atomic E-state index is 5.77. The van der Waals surface area contributed by atoms with Crippen LogP contribution in [0, 0.1) is 6.92 Å². The third-order valence-electron chi connectivity index (χ3n) is 4.26. The van der Waals surface area contributed by atoms with Gasteiger partial charge in [0.2, 0.25) is 0 Å². The van der Waals surface area contributed by atoms with Crippen molar-refractivity contribution in [3.63, 3.8) is 0 Å². The molecule has 1 aromatic carbocycles. The first-order chi connectivity index (χ1) is 12.1. The number of thiocarbonyl (C=S) groups is 1. The zero-order valence-electron chi connectivity index (χ0n) is 14.3. The van der Waals surface area contributed by atoms with Crippen molar-refractivity contribution >= 4 is 29.2 Å². The molecular formula is C18H23N5OS. The summed E-state index contributed by atoms with van der Waals surface area (Å²) in [7, 11) is 0. The molecule has 0 amide bonds. The summed E-state index contributed by atoms with van der Waals surface area (Å²) in [4.78, 5) is 4.86. The molecule has 6 nitrogen and oxygen atoms in total. The second-order valence-electron chi connectivity index (χ2n) is 6.09. The van der Waals surface area contributed by atoms with Gasteiger partial charge >= 0.3 is 0 Å². The van der Waals surface area contributed by atoms with Gasteiger partial charge in [-0.3, -0.25) is 10.3 Å². The Morgan fingerprint density at radius 3 is 2.72 bits per heavy atom. The summed E-state index contributed by atoms with van der Waals surface area (Å²) in [5.74, 6) is 1.61. The lowest BCUT2D eigenvalue weighted by Crippen LogP contribution is -2.46. The molecule has 0 unspecified atom stereocenters. The van der Waals surface area contributed by atoms with Crippen LogP contribution in [-0.2, 0) is 6.54 Å². The maximum absolute atomic E-state index is 5.77. The number of hydrogen-bond donors (Lipinski definition) is 2. The first-order valence-corrected chi connectivity index (χ1v) is 8.73. The zero-order valence-corrected chi connectivity index (χ0v) is 15.1. The SMILES string of the molecule is Cc1ccccc1N1CCN(Cc2ccc(/C=N/NC(N)=S)o2)CC1. The van der Waals surface area contributed by atoms with E-state index >= 15 is 0 Å². The summed E-state index contributed by atoms with van der Waals surface area (Å²) < 4.78 is 5.77. The van der Waals surface area contributed by atoms with Gasteiger partial charge in [0.1, 0.15) is 11.5 Å². The highest BCUT2D eigenvalue weighted by molar-refractivity contribution is 7.80. The number of furan rings is 1. The van der Waals surface area contributed by atoms with Crippen molar-refractivity contribution in [3.8, 4) is 0 Å². The smallest absolute Gasteiger partial charge is 0.184 e. The molecule has 1 aromatic heterocycles. The average Bonchev–Trinajstić information content (AvgIpc) is 3.03. The second-order valence-corrected chi connectivity index (χ2v) is 6.53. The first-order valence-electron chi connectivity index (χ1n) is 8.32. The van der Waals surface area contributed by atoms with Gasteiger partial charge in [-0.15, -0.1) is 0 Å². The number of nitrogens with zero attached hydrogens (tertiary/aromatic N) is 3. The van der Waals surface area contributed by atoms with Crippen molar-refractivity contribution in [2.45, 2.75) is 13.5 Å². The summed E-state index contributed by atoms with van der Waals surface area (Å²) >= 11 is 4.69. The fraction of sp³-hybridized carbons (Fsp3) is 0.333. The number of aryl methyl sites for hydroxylation is 1. The minimum absolute atomic E-state index is 0.134. The molecule has 1 saturated heterocycles. The third kappa shape index (κ3) is 4.80. The van der Waals surface area contributed by atoms with E-state index in [2.05, 4.69) is 63.7 Å². The van der Waals surface area contributed by atoms with Crippen molar-refractivity contribution in [1.82, 2.24) is 10.3 Å². The Kier molecular flexibility index (Phi) is 5.67. The second kappa shape index (κ2) is 8.13. The number of para-hydroxylation sites is 1. The van der Waals surface area contributed by atoms with Crippen LogP contribution in [0.5, 0.6) is 0 Å². The Hall–Kier alpha value is -2.38. The van der Waals surface area contributed by atoms with Gasteiger partial charge in [0.15, 0.2) is 5.11 Å². The third-order valence-corrected chi connectivity index (χ3v) is 4.35. The van der Waals surface area contributed by atoms with Crippen LogP contribution < -0.4 is 16.1 Å². The molecule has 132 valence electrons. The van der Waals surface area contributed by atoms with Crippen LogP contribution in [0.3, 0.4) is 0 Å². The van der Waals surface area contributed by atoms with Crippen LogP contribution in [-0.4, -0.2) is 42.4 Å². The Morgan fingerprint density at radius 1 is 1.24 bits per heavy atom. The van der Waals surface area contributed by atoms with Crippen LogP contribution in [0.2, 0.25) is 0 Å². The van der Waals surface area contributed by atoms with Gasteiger partial charge in [-0.2, -0.15) is 5.10 Å². The van der Waals surface area contributed by atoms with Crippen LogP contribution in [0.4, 0.5) is 5.69 Å². The highest BCUT2D eigenvalue weighted by atomic mass is 32.1. The predicted molar refractivity (Wildman–Crippen MR) is 105 cm³/mol. The molecule has 0 radical (unpaired) electrons. The van der Waals surface area contributed by atoms with E-state index in [0.29, 0.717) is 5.76 Å². The normalized spacial score (nSPS) is 15.6. The van der Waals surface area contributed by atoms with Gasteiger partial charge in [0.05, 0.1) is 12.8 Å². The molecule has 3 rings (SSSR count). The van der Waals surface area contributed by atoms with Crippen molar-refractivity contribution in [2.75, 3.05) is 31.1 Å². The largest absolute Gasteiger partial charge is 0.459 e. The van der Waals surface area contributed by atoms with Gasteiger partial charge in [-0.1, -0.05) is 18.2 Å². The molecule has 3 N–H and O–H groups in total. The Morgan fingerprint density at radius 2 is 2.00 bits per heavy atom. The lowest BCUT2D eigenvalue weighted by Gasteiger charge is -2.36. The maximum Gasteiger partial charge on any atom is 0.184 e. The van der Waals surface area contributed by atoms with Crippen LogP contribution >= 0.6 is 12.2 Å². The number of benzene rings is 1. The summed E-state index contributed by atoms with van der Waals surface area (Å²) in [5.41, 5.74) is 10.5. The van der Waals surface area contributed by atoms with E-state index in [1.807, 2.05) is 12.1 Å². The standard InChI is InChI=1S/C18H23N5OS/c1-14-4-2-3-5-17(14)23-10-8-22(9-11-23)13-16-7-6-15(24-16)12-20-21-18(19)25/h2-7,12H,8-11,13H2,1H3,(H3,19,21,25)/b20-12+. The molecule has 1 aliphatic rings. The minimum Gasteiger partial charge on any atom is -0.459 e. The van der Waals surface area contributed by atoms with Crippen molar-refractivity contribution in [2.24, 2.45) is 10.8 Å². The molecule has 25 heavy (non-hydrogen) atoms. The highest BCUT2D eigenvalue weighted by Crippen LogP contribution is 2.21. The molecular weight excluding hydrogens is 334 g/mol.